The lowest BCUT2D eigenvalue weighted by atomic mass is 9.78. The Bertz CT molecular complexity index is 660. The van der Waals surface area contributed by atoms with E-state index in [4.69, 9.17) is 11.6 Å². The molecule has 2 heteroatoms. The quantitative estimate of drug-likeness (QED) is 0.713. The van der Waals surface area contributed by atoms with Crippen LogP contribution >= 0.6 is 11.6 Å². The van der Waals surface area contributed by atoms with Crippen molar-refractivity contribution in [1.82, 2.24) is 0 Å². The Hall–Kier alpha value is -1.60. The molecule has 2 aromatic rings. The van der Waals surface area contributed by atoms with E-state index in [2.05, 4.69) is 18.2 Å². The highest BCUT2D eigenvalue weighted by Gasteiger charge is 2.27. The van der Waals surface area contributed by atoms with E-state index in [-0.39, 0.29) is 11.7 Å². The van der Waals surface area contributed by atoms with Gasteiger partial charge >= 0.3 is 0 Å². The Morgan fingerprint density at radius 1 is 1.20 bits per heavy atom. The number of rotatable bonds is 2. The molecule has 0 aromatic heterocycles. The van der Waals surface area contributed by atoms with Gasteiger partial charge in [0.05, 0.1) is 0 Å². The van der Waals surface area contributed by atoms with Crippen LogP contribution in [0.3, 0.4) is 0 Å². The first kappa shape index (κ1) is 13.4. The lowest BCUT2D eigenvalue weighted by Crippen LogP contribution is -2.19. The predicted octanol–water partition coefficient (Wildman–Crippen LogP) is 4.95. The van der Waals surface area contributed by atoms with Gasteiger partial charge in [0.15, 0.2) is 5.78 Å². The van der Waals surface area contributed by atoms with E-state index >= 15 is 0 Å². The third-order valence-corrected chi connectivity index (χ3v) is 4.37. The molecule has 0 fully saturated rings. The van der Waals surface area contributed by atoms with Crippen molar-refractivity contribution < 1.29 is 4.79 Å². The molecule has 0 amide bonds. The molecule has 0 saturated carbocycles. The van der Waals surface area contributed by atoms with Gasteiger partial charge in [-0.3, -0.25) is 4.79 Å². The van der Waals surface area contributed by atoms with Crippen LogP contribution in [-0.4, -0.2) is 5.78 Å². The first-order chi connectivity index (χ1) is 9.66. The first-order valence-electron chi connectivity index (χ1n) is 7.05. The third-order valence-electron chi connectivity index (χ3n) is 4.14. The number of halogens is 1. The van der Waals surface area contributed by atoms with Crippen LogP contribution in [0.25, 0.3) is 0 Å². The van der Waals surface area contributed by atoms with Crippen molar-refractivity contribution in [1.29, 1.82) is 0 Å². The molecule has 1 nitrogen and oxygen atoms in total. The van der Waals surface area contributed by atoms with Crippen molar-refractivity contribution in [3.63, 3.8) is 0 Å². The summed E-state index contributed by atoms with van der Waals surface area (Å²) in [6.07, 6.45) is 3.11. The number of carbonyl (C=O) groups excluding carboxylic acids is 1. The molecule has 0 bridgehead atoms. The second-order valence-corrected chi connectivity index (χ2v) is 5.90. The Balaban J connectivity index is 2.00. The van der Waals surface area contributed by atoms with Gasteiger partial charge < -0.3 is 0 Å². The molecule has 2 aromatic carbocycles. The molecular weight excluding hydrogens is 268 g/mol. The van der Waals surface area contributed by atoms with Crippen molar-refractivity contribution in [2.75, 3.05) is 0 Å². The van der Waals surface area contributed by atoms with E-state index in [1.165, 1.54) is 11.1 Å². The standard InChI is InChI=1S/C18H17ClO/c1-12-11-14(19)9-10-15(12)18(20)17-8-4-6-13-5-2-3-7-16(13)17/h2-3,5,7,9-11,17H,4,6,8H2,1H3. The average Bonchev–Trinajstić information content (AvgIpc) is 2.46. The molecule has 0 heterocycles. The summed E-state index contributed by atoms with van der Waals surface area (Å²) >= 11 is 5.98. The van der Waals surface area contributed by atoms with Gasteiger partial charge in [0, 0.05) is 16.5 Å². The minimum atomic E-state index is -0.000162. The fourth-order valence-corrected chi connectivity index (χ4v) is 3.34. The first-order valence-corrected chi connectivity index (χ1v) is 7.43. The SMILES string of the molecule is Cc1cc(Cl)ccc1C(=O)C1CCCc2ccccc21. The van der Waals surface area contributed by atoms with Gasteiger partial charge in [-0.2, -0.15) is 0 Å². The monoisotopic (exact) mass is 284 g/mol. The van der Waals surface area contributed by atoms with Crippen LogP contribution < -0.4 is 0 Å². The van der Waals surface area contributed by atoms with Gasteiger partial charge in [-0.25, -0.2) is 0 Å². The lowest BCUT2D eigenvalue weighted by Gasteiger charge is -2.25. The van der Waals surface area contributed by atoms with Gasteiger partial charge in [0.25, 0.3) is 0 Å². The molecule has 20 heavy (non-hydrogen) atoms. The van der Waals surface area contributed by atoms with E-state index in [0.717, 1.165) is 30.4 Å². The van der Waals surface area contributed by atoms with Gasteiger partial charge in [0.1, 0.15) is 0 Å². The number of ketones is 1. The van der Waals surface area contributed by atoms with Crippen LogP contribution in [0, 0.1) is 6.92 Å². The molecular formula is C18H17ClO. The van der Waals surface area contributed by atoms with Gasteiger partial charge in [-0.1, -0.05) is 35.9 Å². The summed E-state index contributed by atoms with van der Waals surface area (Å²) in [5.74, 6) is 0.228. The number of hydrogen-bond donors (Lipinski definition) is 0. The van der Waals surface area contributed by atoms with Crippen molar-refractivity contribution >= 4 is 17.4 Å². The number of fused-ring (bicyclic) bond motifs is 1. The highest BCUT2D eigenvalue weighted by Crippen LogP contribution is 2.34. The minimum Gasteiger partial charge on any atom is -0.293 e. The highest BCUT2D eigenvalue weighted by molar-refractivity contribution is 6.30. The topological polar surface area (TPSA) is 17.1 Å². The van der Waals surface area contributed by atoms with E-state index in [9.17, 15) is 4.79 Å². The normalized spacial score (nSPS) is 17.6. The zero-order chi connectivity index (χ0) is 14.1. The maximum atomic E-state index is 12.9. The molecule has 0 saturated heterocycles. The summed E-state index contributed by atoms with van der Waals surface area (Å²) in [6.45, 7) is 1.95. The number of Topliss-reactive ketones (excluding diaryl/α,β-unsaturated/α-hetero) is 1. The molecule has 0 aliphatic heterocycles. The number of hydrogen-bond acceptors (Lipinski definition) is 1. The van der Waals surface area contributed by atoms with Crippen LogP contribution in [0.5, 0.6) is 0 Å². The summed E-state index contributed by atoms with van der Waals surface area (Å²) < 4.78 is 0. The zero-order valence-electron chi connectivity index (χ0n) is 11.5. The maximum Gasteiger partial charge on any atom is 0.170 e. The molecule has 0 N–H and O–H groups in total. The third kappa shape index (κ3) is 2.38. The van der Waals surface area contributed by atoms with E-state index < -0.39 is 0 Å². The summed E-state index contributed by atoms with van der Waals surface area (Å²) in [5, 5.41) is 0.683. The van der Waals surface area contributed by atoms with Crippen LogP contribution in [0.2, 0.25) is 5.02 Å². The van der Waals surface area contributed by atoms with E-state index in [0.29, 0.717) is 5.02 Å². The molecule has 0 radical (unpaired) electrons. The highest BCUT2D eigenvalue weighted by atomic mass is 35.5. The van der Waals surface area contributed by atoms with Crippen molar-refractivity contribution in [3.05, 3.63) is 69.7 Å². The Morgan fingerprint density at radius 3 is 2.80 bits per heavy atom. The van der Waals surface area contributed by atoms with Gasteiger partial charge in [0.2, 0.25) is 0 Å². The fraction of sp³-hybridized carbons (Fsp3) is 0.278. The van der Waals surface area contributed by atoms with Crippen LogP contribution in [0.4, 0.5) is 0 Å². The van der Waals surface area contributed by atoms with Gasteiger partial charge in [-0.15, -0.1) is 0 Å². The van der Waals surface area contributed by atoms with E-state index in [1.807, 2.05) is 25.1 Å². The fourth-order valence-electron chi connectivity index (χ4n) is 3.12. The van der Waals surface area contributed by atoms with Crippen molar-refractivity contribution in [2.45, 2.75) is 32.1 Å². The van der Waals surface area contributed by atoms with Crippen molar-refractivity contribution in [2.24, 2.45) is 0 Å². The van der Waals surface area contributed by atoms with Crippen LogP contribution in [0.15, 0.2) is 42.5 Å². The lowest BCUT2D eigenvalue weighted by molar-refractivity contribution is 0.0950. The zero-order valence-corrected chi connectivity index (χ0v) is 12.3. The number of benzene rings is 2. The molecule has 1 unspecified atom stereocenters. The molecule has 3 rings (SSSR count). The summed E-state index contributed by atoms with van der Waals surface area (Å²) in [4.78, 5) is 12.9. The Labute approximate surface area is 124 Å². The van der Waals surface area contributed by atoms with Crippen LogP contribution in [-0.2, 0) is 6.42 Å². The van der Waals surface area contributed by atoms with Crippen molar-refractivity contribution in [3.8, 4) is 0 Å². The molecule has 0 spiro atoms. The second-order valence-electron chi connectivity index (χ2n) is 5.47. The molecule has 1 aliphatic rings. The maximum absolute atomic E-state index is 12.9. The largest absolute Gasteiger partial charge is 0.293 e. The van der Waals surface area contributed by atoms with Gasteiger partial charge in [-0.05, 0) is 61.1 Å². The number of carbonyl (C=O) groups is 1. The molecule has 1 atom stereocenters. The van der Waals surface area contributed by atoms with Crippen LogP contribution in [0.1, 0.15) is 45.8 Å². The summed E-state index contributed by atoms with van der Waals surface area (Å²) in [6, 6.07) is 13.8. The smallest absolute Gasteiger partial charge is 0.170 e. The number of aryl methyl sites for hydroxylation is 2. The Kier molecular flexibility index (Phi) is 3.62. The minimum absolute atomic E-state index is 0.000162. The Morgan fingerprint density at radius 2 is 2.00 bits per heavy atom. The molecule has 102 valence electrons. The average molecular weight is 285 g/mol. The second kappa shape index (κ2) is 5.41. The predicted molar refractivity (Wildman–Crippen MR) is 82.6 cm³/mol. The summed E-state index contributed by atoms with van der Waals surface area (Å²) in [7, 11) is 0. The van der Waals surface area contributed by atoms with E-state index in [1.54, 1.807) is 6.07 Å². The molecule has 1 aliphatic carbocycles. The summed E-state index contributed by atoms with van der Waals surface area (Å²) in [5.41, 5.74) is 4.29.